The van der Waals surface area contributed by atoms with Crippen LogP contribution in [0.25, 0.3) is 10.2 Å². The maximum absolute atomic E-state index is 11.0. The van der Waals surface area contributed by atoms with Gasteiger partial charge in [0.05, 0.1) is 22.6 Å². The van der Waals surface area contributed by atoms with E-state index in [2.05, 4.69) is 4.98 Å². The number of thiazole rings is 1. The van der Waals surface area contributed by atoms with Crippen LogP contribution in [0.3, 0.4) is 0 Å². The molecule has 0 fully saturated rings. The van der Waals surface area contributed by atoms with Crippen LogP contribution in [-0.4, -0.2) is 34.2 Å². The number of aliphatic carboxylic acids is 1. The molecule has 0 bridgehead atoms. The number of carboxylic acids is 1. The van der Waals surface area contributed by atoms with Gasteiger partial charge < -0.3 is 9.84 Å². The van der Waals surface area contributed by atoms with E-state index < -0.39 is 11.8 Å². The van der Waals surface area contributed by atoms with E-state index >= 15 is 0 Å². The van der Waals surface area contributed by atoms with Crippen molar-refractivity contribution >= 4 is 45.1 Å². The third-order valence-corrected chi connectivity index (χ3v) is 4.38. The van der Waals surface area contributed by atoms with Gasteiger partial charge in [-0.15, -0.1) is 11.3 Å². The van der Waals surface area contributed by atoms with Crippen LogP contribution >= 0.6 is 23.1 Å². The number of Topliss-reactive ketones (excluding diaryl/α,β-unsaturated/α-hetero) is 1. The van der Waals surface area contributed by atoms with E-state index in [4.69, 9.17) is 9.84 Å². The first-order valence-corrected chi connectivity index (χ1v) is 7.32. The van der Waals surface area contributed by atoms with Crippen molar-refractivity contribution < 1.29 is 19.4 Å². The number of fused-ring (bicyclic) bond motifs is 1. The number of aromatic nitrogens is 1. The monoisotopic (exact) mass is 297 g/mol. The number of carbonyl (C=O) groups excluding carboxylic acids is 1. The van der Waals surface area contributed by atoms with Gasteiger partial charge in [0.2, 0.25) is 5.78 Å². The Balaban J connectivity index is 2.12. The van der Waals surface area contributed by atoms with Crippen molar-refractivity contribution in [3.05, 3.63) is 18.2 Å². The van der Waals surface area contributed by atoms with E-state index in [1.165, 1.54) is 11.3 Å². The Morgan fingerprint density at radius 3 is 2.95 bits per heavy atom. The summed E-state index contributed by atoms with van der Waals surface area (Å²) in [4.78, 5) is 25.7. The molecule has 0 saturated carbocycles. The van der Waals surface area contributed by atoms with Gasteiger partial charge in [-0.1, -0.05) is 11.8 Å². The summed E-state index contributed by atoms with van der Waals surface area (Å²) in [7, 11) is 0. The number of ketones is 1. The molecule has 5 nitrogen and oxygen atoms in total. The first kappa shape index (κ1) is 13.8. The van der Waals surface area contributed by atoms with Gasteiger partial charge in [0, 0.05) is 0 Å². The zero-order chi connectivity index (χ0) is 13.8. The molecule has 1 aromatic heterocycles. The van der Waals surface area contributed by atoms with Gasteiger partial charge in [-0.25, -0.2) is 9.78 Å². The molecule has 0 spiro atoms. The predicted octanol–water partition coefficient (Wildman–Crippen LogP) is 2.44. The van der Waals surface area contributed by atoms with Crippen LogP contribution in [0.1, 0.15) is 6.92 Å². The number of benzene rings is 1. The van der Waals surface area contributed by atoms with Gasteiger partial charge in [0.15, 0.2) is 4.34 Å². The van der Waals surface area contributed by atoms with Gasteiger partial charge in [-0.3, -0.25) is 4.79 Å². The van der Waals surface area contributed by atoms with Crippen molar-refractivity contribution in [1.29, 1.82) is 0 Å². The number of rotatable bonds is 6. The maximum Gasteiger partial charge on any atom is 0.373 e. The second-order valence-corrected chi connectivity index (χ2v) is 5.81. The number of ether oxygens (including phenoxy) is 1. The fourth-order valence-electron chi connectivity index (χ4n) is 1.39. The highest BCUT2D eigenvalue weighted by molar-refractivity contribution is 8.01. The summed E-state index contributed by atoms with van der Waals surface area (Å²) in [6, 6.07) is 5.57. The third-order valence-electron chi connectivity index (χ3n) is 2.22. The van der Waals surface area contributed by atoms with Crippen LogP contribution in [0.5, 0.6) is 5.75 Å². The topological polar surface area (TPSA) is 76.5 Å². The molecule has 1 aromatic carbocycles. The number of hydrogen-bond donors (Lipinski definition) is 1. The molecule has 0 aliphatic carbocycles. The molecule has 0 aliphatic rings. The Morgan fingerprint density at radius 1 is 1.47 bits per heavy atom. The van der Waals surface area contributed by atoms with Gasteiger partial charge >= 0.3 is 5.97 Å². The molecule has 0 aliphatic heterocycles. The lowest BCUT2D eigenvalue weighted by Gasteiger charge is -2.00. The molecule has 0 unspecified atom stereocenters. The summed E-state index contributed by atoms with van der Waals surface area (Å²) < 4.78 is 7.03. The number of carbonyl (C=O) groups is 2. The highest BCUT2D eigenvalue weighted by atomic mass is 32.2. The molecule has 100 valence electrons. The number of thioether (sulfide) groups is 1. The average Bonchev–Trinajstić information content (AvgIpc) is 2.78. The normalized spacial score (nSPS) is 10.6. The molecule has 0 atom stereocenters. The minimum atomic E-state index is -1.41. The van der Waals surface area contributed by atoms with Crippen molar-refractivity contribution in [2.45, 2.75) is 11.3 Å². The van der Waals surface area contributed by atoms with E-state index in [1.54, 1.807) is 0 Å². The van der Waals surface area contributed by atoms with Crippen LogP contribution in [0.4, 0.5) is 0 Å². The minimum absolute atomic E-state index is 0.104. The standard InChI is InChI=1S/C12H11NO4S2/c1-2-17-7-3-4-8-10(5-7)19-12(13-8)18-6-9(14)11(15)16/h3-5H,2,6H2,1H3,(H,15,16). The summed E-state index contributed by atoms with van der Waals surface area (Å²) in [6.07, 6.45) is 0. The maximum atomic E-state index is 11.0. The Hall–Kier alpha value is -1.60. The highest BCUT2D eigenvalue weighted by Crippen LogP contribution is 2.31. The van der Waals surface area contributed by atoms with Gasteiger partial charge in [-0.2, -0.15) is 0 Å². The van der Waals surface area contributed by atoms with Crippen molar-refractivity contribution in [3.8, 4) is 5.75 Å². The van der Waals surface area contributed by atoms with Crippen LogP contribution in [0, 0.1) is 0 Å². The summed E-state index contributed by atoms with van der Waals surface area (Å²) >= 11 is 2.56. The predicted molar refractivity (Wildman–Crippen MR) is 74.2 cm³/mol. The van der Waals surface area contributed by atoms with E-state index in [0.29, 0.717) is 10.9 Å². The molecule has 1 N–H and O–H groups in total. The first-order valence-electron chi connectivity index (χ1n) is 5.52. The minimum Gasteiger partial charge on any atom is -0.494 e. The van der Waals surface area contributed by atoms with Crippen LogP contribution in [0.2, 0.25) is 0 Å². The molecular weight excluding hydrogens is 286 g/mol. The number of nitrogens with zero attached hydrogens (tertiary/aromatic N) is 1. The lowest BCUT2D eigenvalue weighted by molar-refractivity contribution is -0.147. The summed E-state index contributed by atoms with van der Waals surface area (Å²) in [6.45, 7) is 2.51. The lowest BCUT2D eigenvalue weighted by atomic mass is 10.3. The average molecular weight is 297 g/mol. The Morgan fingerprint density at radius 2 is 2.26 bits per heavy atom. The fraction of sp³-hybridized carbons (Fsp3) is 0.250. The molecule has 1 heterocycles. The molecular formula is C12H11NO4S2. The van der Waals surface area contributed by atoms with Crippen molar-refractivity contribution in [3.63, 3.8) is 0 Å². The van der Waals surface area contributed by atoms with E-state index in [1.807, 2.05) is 25.1 Å². The number of carboxylic acid groups (broad SMARTS) is 1. The van der Waals surface area contributed by atoms with Gasteiger partial charge in [0.25, 0.3) is 0 Å². The molecule has 2 aromatic rings. The molecule has 0 amide bonds. The highest BCUT2D eigenvalue weighted by Gasteiger charge is 2.13. The van der Waals surface area contributed by atoms with Crippen LogP contribution < -0.4 is 4.74 Å². The second kappa shape index (κ2) is 6.03. The number of hydrogen-bond acceptors (Lipinski definition) is 6. The largest absolute Gasteiger partial charge is 0.494 e. The van der Waals surface area contributed by atoms with E-state index in [0.717, 1.165) is 27.7 Å². The molecule has 2 rings (SSSR count). The zero-order valence-corrected chi connectivity index (χ0v) is 11.7. The van der Waals surface area contributed by atoms with Crippen molar-refractivity contribution in [1.82, 2.24) is 4.98 Å². The van der Waals surface area contributed by atoms with Crippen LogP contribution in [0.15, 0.2) is 22.5 Å². The smallest absolute Gasteiger partial charge is 0.373 e. The Labute approximate surface area is 117 Å². The quantitative estimate of drug-likeness (QED) is 0.652. The SMILES string of the molecule is CCOc1ccc2nc(SCC(=O)C(=O)O)sc2c1. The van der Waals surface area contributed by atoms with Crippen LogP contribution in [-0.2, 0) is 9.59 Å². The molecule has 0 radical (unpaired) electrons. The van der Waals surface area contributed by atoms with Gasteiger partial charge in [0.1, 0.15) is 5.75 Å². The van der Waals surface area contributed by atoms with Crippen molar-refractivity contribution in [2.75, 3.05) is 12.4 Å². The molecule has 7 heteroatoms. The van der Waals surface area contributed by atoms with Gasteiger partial charge in [-0.05, 0) is 25.1 Å². The lowest BCUT2D eigenvalue weighted by Crippen LogP contribution is -2.14. The Kier molecular flexibility index (Phi) is 4.39. The van der Waals surface area contributed by atoms with E-state index in [9.17, 15) is 9.59 Å². The van der Waals surface area contributed by atoms with E-state index in [-0.39, 0.29) is 5.75 Å². The summed E-state index contributed by atoms with van der Waals surface area (Å²) in [5, 5.41) is 8.50. The summed E-state index contributed by atoms with van der Waals surface area (Å²) in [5.41, 5.74) is 0.818. The molecule has 19 heavy (non-hydrogen) atoms. The molecule has 0 saturated heterocycles. The summed E-state index contributed by atoms with van der Waals surface area (Å²) in [5.74, 6) is -1.56. The van der Waals surface area contributed by atoms with Crippen molar-refractivity contribution in [2.24, 2.45) is 0 Å². The fourth-order valence-corrected chi connectivity index (χ4v) is 3.34. The Bertz CT molecular complexity index is 623. The second-order valence-electron chi connectivity index (χ2n) is 3.56. The first-order chi connectivity index (χ1) is 9.10. The zero-order valence-electron chi connectivity index (χ0n) is 10.1. The third kappa shape index (κ3) is 3.45.